The predicted octanol–water partition coefficient (Wildman–Crippen LogP) is 0.855. The fourth-order valence-corrected chi connectivity index (χ4v) is 1.80. The molecule has 1 aromatic rings. The van der Waals surface area contributed by atoms with Crippen LogP contribution in [0.1, 0.15) is 21.9 Å². The second-order valence-corrected chi connectivity index (χ2v) is 4.01. The van der Waals surface area contributed by atoms with Crippen molar-refractivity contribution in [2.75, 3.05) is 13.2 Å². The number of carboxylic acids is 1. The van der Waals surface area contributed by atoms with Gasteiger partial charge in [-0.05, 0) is 0 Å². The van der Waals surface area contributed by atoms with Crippen molar-refractivity contribution in [2.24, 2.45) is 0 Å². The molecule has 0 unspecified atom stereocenters. The highest BCUT2D eigenvalue weighted by Gasteiger charge is 2.23. The molecule has 0 spiro atoms. The summed E-state index contributed by atoms with van der Waals surface area (Å²) in [6.45, 7) is 4.40. The minimum absolute atomic E-state index is 0.163. The van der Waals surface area contributed by atoms with Crippen molar-refractivity contribution in [1.29, 1.82) is 0 Å². The molecule has 1 aromatic heterocycles. The minimum atomic E-state index is -1.16. The Labute approximate surface area is 109 Å². The largest absolute Gasteiger partial charge is 0.475 e. The number of aromatic carboxylic acids is 1. The Morgan fingerprint density at radius 3 is 3.05 bits per heavy atom. The Hall–Kier alpha value is -2.44. The van der Waals surface area contributed by atoms with Crippen LogP contribution in [0.3, 0.4) is 0 Å². The molecule has 0 radical (unpaired) electrons. The van der Waals surface area contributed by atoms with E-state index in [1.807, 2.05) is 0 Å². The zero-order chi connectivity index (χ0) is 13.8. The average molecular weight is 263 g/mol. The monoisotopic (exact) mass is 263 g/mol. The van der Waals surface area contributed by atoms with Gasteiger partial charge in [0.2, 0.25) is 5.82 Å². The molecule has 0 fully saturated rings. The van der Waals surface area contributed by atoms with E-state index in [9.17, 15) is 9.59 Å². The molecule has 2 heterocycles. The maximum absolute atomic E-state index is 11.7. The maximum atomic E-state index is 11.7. The fourth-order valence-electron chi connectivity index (χ4n) is 1.80. The van der Waals surface area contributed by atoms with Gasteiger partial charge in [-0.1, -0.05) is 12.7 Å². The van der Waals surface area contributed by atoms with E-state index in [1.54, 1.807) is 0 Å². The first-order valence-corrected chi connectivity index (χ1v) is 5.72. The van der Waals surface area contributed by atoms with E-state index < -0.39 is 12.1 Å². The number of amides is 1. The Bertz CT molecular complexity index is 530. The normalized spacial score (nSPS) is 13.6. The van der Waals surface area contributed by atoms with E-state index in [0.29, 0.717) is 25.2 Å². The number of nitrogens with zero attached hydrogens (tertiary/aromatic N) is 3. The lowest BCUT2D eigenvalue weighted by Gasteiger charge is -2.27. The number of carbonyl (C=O) groups is 2. The molecule has 1 amide bonds. The highest BCUT2D eigenvalue weighted by Crippen LogP contribution is 2.17. The van der Waals surface area contributed by atoms with Crippen LogP contribution >= 0.6 is 0 Å². The van der Waals surface area contributed by atoms with Crippen molar-refractivity contribution >= 4 is 12.1 Å². The second-order valence-electron chi connectivity index (χ2n) is 4.01. The molecular weight excluding hydrogens is 250 g/mol. The zero-order valence-corrected chi connectivity index (χ0v) is 10.2. The number of aromatic nitrogens is 2. The van der Waals surface area contributed by atoms with E-state index in [1.165, 1.54) is 17.2 Å². The molecule has 7 nitrogen and oxygen atoms in total. The first-order chi connectivity index (χ1) is 9.11. The van der Waals surface area contributed by atoms with Gasteiger partial charge in [0.1, 0.15) is 6.61 Å². The first-order valence-electron chi connectivity index (χ1n) is 5.72. The summed E-state index contributed by atoms with van der Waals surface area (Å²) in [7, 11) is 0. The van der Waals surface area contributed by atoms with Crippen LogP contribution in [0.15, 0.2) is 18.9 Å². The SMILES string of the molecule is C=CCOC(=O)N1CCc2nc(C(=O)O)ncc2C1. The summed E-state index contributed by atoms with van der Waals surface area (Å²) in [5.41, 5.74) is 1.41. The van der Waals surface area contributed by atoms with Crippen molar-refractivity contribution in [2.45, 2.75) is 13.0 Å². The maximum Gasteiger partial charge on any atom is 0.410 e. The second kappa shape index (κ2) is 5.47. The third-order valence-electron chi connectivity index (χ3n) is 2.71. The summed E-state index contributed by atoms with van der Waals surface area (Å²) >= 11 is 0. The molecule has 0 aromatic carbocycles. The van der Waals surface area contributed by atoms with Crippen LogP contribution in [0.25, 0.3) is 0 Å². The number of rotatable bonds is 3. The Kier molecular flexibility index (Phi) is 3.74. The van der Waals surface area contributed by atoms with Crippen molar-refractivity contribution in [3.05, 3.63) is 35.9 Å². The summed E-state index contributed by atoms with van der Waals surface area (Å²) in [6.07, 6.45) is 3.01. The lowest BCUT2D eigenvalue weighted by Crippen LogP contribution is -2.37. The van der Waals surface area contributed by atoms with E-state index in [2.05, 4.69) is 16.5 Å². The number of carbonyl (C=O) groups excluding carboxylic acids is 1. The van der Waals surface area contributed by atoms with Gasteiger partial charge in [-0.15, -0.1) is 0 Å². The highest BCUT2D eigenvalue weighted by molar-refractivity contribution is 5.83. The summed E-state index contributed by atoms with van der Waals surface area (Å²) in [4.78, 5) is 31.6. The highest BCUT2D eigenvalue weighted by atomic mass is 16.6. The minimum Gasteiger partial charge on any atom is -0.475 e. The van der Waals surface area contributed by atoms with Gasteiger partial charge in [0, 0.05) is 24.7 Å². The van der Waals surface area contributed by atoms with Crippen molar-refractivity contribution in [3.63, 3.8) is 0 Å². The molecule has 0 saturated heterocycles. The lowest BCUT2D eigenvalue weighted by atomic mass is 10.1. The third-order valence-corrected chi connectivity index (χ3v) is 2.71. The molecule has 2 rings (SSSR count). The molecule has 7 heteroatoms. The molecule has 19 heavy (non-hydrogen) atoms. The van der Waals surface area contributed by atoms with Crippen LogP contribution in [0, 0.1) is 0 Å². The van der Waals surface area contributed by atoms with Gasteiger partial charge in [-0.25, -0.2) is 19.6 Å². The quantitative estimate of drug-likeness (QED) is 0.813. The van der Waals surface area contributed by atoms with E-state index in [4.69, 9.17) is 9.84 Å². The van der Waals surface area contributed by atoms with Crippen LogP contribution < -0.4 is 0 Å². The van der Waals surface area contributed by atoms with E-state index in [0.717, 1.165) is 5.56 Å². The van der Waals surface area contributed by atoms with Gasteiger partial charge in [-0.3, -0.25) is 0 Å². The number of hydrogen-bond acceptors (Lipinski definition) is 5. The van der Waals surface area contributed by atoms with Gasteiger partial charge in [0.15, 0.2) is 0 Å². The van der Waals surface area contributed by atoms with Crippen molar-refractivity contribution in [1.82, 2.24) is 14.9 Å². The molecule has 0 aliphatic carbocycles. The summed E-state index contributed by atoms with van der Waals surface area (Å²) in [5, 5.41) is 8.80. The van der Waals surface area contributed by atoms with Crippen LogP contribution in [-0.4, -0.2) is 45.2 Å². The number of carboxylic acid groups (broad SMARTS) is 1. The number of hydrogen-bond donors (Lipinski definition) is 1. The van der Waals surface area contributed by atoms with E-state index >= 15 is 0 Å². The Morgan fingerprint density at radius 2 is 2.37 bits per heavy atom. The zero-order valence-electron chi connectivity index (χ0n) is 10.2. The van der Waals surface area contributed by atoms with Crippen LogP contribution in [0.2, 0.25) is 0 Å². The molecule has 0 saturated carbocycles. The molecule has 0 atom stereocenters. The molecule has 100 valence electrons. The van der Waals surface area contributed by atoms with E-state index in [-0.39, 0.29) is 12.4 Å². The van der Waals surface area contributed by atoms with Crippen LogP contribution in [0.5, 0.6) is 0 Å². The Morgan fingerprint density at radius 1 is 1.58 bits per heavy atom. The van der Waals surface area contributed by atoms with Crippen LogP contribution in [-0.2, 0) is 17.7 Å². The van der Waals surface area contributed by atoms with Gasteiger partial charge < -0.3 is 14.7 Å². The van der Waals surface area contributed by atoms with Gasteiger partial charge in [0.25, 0.3) is 0 Å². The van der Waals surface area contributed by atoms with Gasteiger partial charge >= 0.3 is 12.1 Å². The first kappa shape index (κ1) is 13.0. The lowest BCUT2D eigenvalue weighted by molar-refractivity contribution is 0.0681. The Balaban J connectivity index is 2.10. The smallest absolute Gasteiger partial charge is 0.410 e. The fraction of sp³-hybridized carbons (Fsp3) is 0.333. The summed E-state index contributed by atoms with van der Waals surface area (Å²) in [6, 6.07) is 0. The van der Waals surface area contributed by atoms with Crippen LogP contribution in [0.4, 0.5) is 4.79 Å². The summed E-state index contributed by atoms with van der Waals surface area (Å²) < 4.78 is 4.94. The molecule has 1 aliphatic rings. The molecule has 1 N–H and O–H groups in total. The number of fused-ring (bicyclic) bond motifs is 1. The third kappa shape index (κ3) is 2.87. The van der Waals surface area contributed by atoms with Crippen molar-refractivity contribution < 1.29 is 19.4 Å². The standard InChI is InChI=1S/C12H13N3O4/c1-2-5-19-12(18)15-4-3-9-8(7-15)6-13-10(14-9)11(16)17/h2,6H,1,3-5,7H2,(H,16,17). The van der Waals surface area contributed by atoms with Crippen molar-refractivity contribution in [3.8, 4) is 0 Å². The summed E-state index contributed by atoms with van der Waals surface area (Å²) in [5.74, 6) is -1.38. The molecular formula is C12H13N3O4. The predicted molar refractivity (Wildman–Crippen MR) is 64.7 cm³/mol. The molecule has 1 aliphatic heterocycles. The van der Waals surface area contributed by atoms with Gasteiger partial charge in [-0.2, -0.15) is 0 Å². The van der Waals surface area contributed by atoms with Gasteiger partial charge in [0.05, 0.1) is 12.2 Å². The number of ether oxygens (including phenoxy) is 1. The molecule has 0 bridgehead atoms. The topological polar surface area (TPSA) is 92.6 Å². The average Bonchev–Trinajstić information content (AvgIpc) is 2.43.